The van der Waals surface area contributed by atoms with Gasteiger partial charge in [-0.25, -0.2) is 8.78 Å². The summed E-state index contributed by atoms with van der Waals surface area (Å²) < 4.78 is 27.2. The Hall–Kier alpha value is -1.88. The molecule has 0 radical (unpaired) electrons. The summed E-state index contributed by atoms with van der Waals surface area (Å²) in [5, 5.41) is -0.665. The number of nitrogens with zero attached hydrogens (tertiary/aromatic N) is 1. The van der Waals surface area contributed by atoms with Crippen LogP contribution in [0.25, 0.3) is 0 Å². The molecule has 2 aromatic carbocycles. The highest BCUT2D eigenvalue weighted by Gasteiger charge is 2.39. The zero-order valence-electron chi connectivity index (χ0n) is 12.0. The van der Waals surface area contributed by atoms with Crippen molar-refractivity contribution in [3.8, 4) is 0 Å². The average molecular weight is 319 g/mol. The maximum absolute atomic E-state index is 14.1. The van der Waals surface area contributed by atoms with E-state index in [0.717, 1.165) is 11.6 Å². The van der Waals surface area contributed by atoms with E-state index < -0.39 is 17.0 Å². The molecular formula is C17H15F2NOS. The fourth-order valence-corrected chi connectivity index (χ4v) is 3.86. The number of carbonyl (C=O) groups is 1. The van der Waals surface area contributed by atoms with Gasteiger partial charge in [-0.05, 0) is 18.6 Å². The Bertz CT molecular complexity index is 692. The highest BCUT2D eigenvalue weighted by Crippen LogP contribution is 2.44. The third kappa shape index (κ3) is 2.86. The first kappa shape index (κ1) is 15.0. The van der Waals surface area contributed by atoms with Gasteiger partial charge in [0.25, 0.3) is 0 Å². The van der Waals surface area contributed by atoms with E-state index in [1.807, 2.05) is 37.3 Å². The number of hydrogen-bond donors (Lipinski definition) is 0. The van der Waals surface area contributed by atoms with Gasteiger partial charge >= 0.3 is 0 Å². The molecule has 0 spiro atoms. The van der Waals surface area contributed by atoms with Gasteiger partial charge in [0.15, 0.2) is 0 Å². The summed E-state index contributed by atoms with van der Waals surface area (Å²) in [5.41, 5.74) is 1.33. The lowest BCUT2D eigenvalue weighted by Gasteiger charge is -2.24. The van der Waals surface area contributed by atoms with Crippen LogP contribution in [0, 0.1) is 11.6 Å². The van der Waals surface area contributed by atoms with Gasteiger partial charge in [0.05, 0.1) is 5.25 Å². The Morgan fingerprint density at radius 3 is 2.55 bits per heavy atom. The van der Waals surface area contributed by atoms with Crippen LogP contribution in [0.2, 0.25) is 0 Å². The minimum absolute atomic E-state index is 0.0254. The first-order valence-corrected chi connectivity index (χ1v) is 7.95. The molecule has 114 valence electrons. The molecule has 3 rings (SSSR count). The first-order valence-electron chi connectivity index (χ1n) is 7.01. The van der Waals surface area contributed by atoms with Crippen molar-refractivity contribution < 1.29 is 13.6 Å². The Kier molecular flexibility index (Phi) is 4.16. The fourth-order valence-electron chi connectivity index (χ4n) is 2.56. The van der Waals surface area contributed by atoms with Crippen molar-refractivity contribution in [2.45, 2.75) is 24.1 Å². The predicted octanol–water partition coefficient (Wildman–Crippen LogP) is 4.13. The molecule has 1 amide bonds. The Morgan fingerprint density at radius 2 is 1.86 bits per heavy atom. The number of hydrogen-bond acceptors (Lipinski definition) is 2. The Balaban J connectivity index is 1.93. The second-order valence-corrected chi connectivity index (χ2v) is 6.67. The monoisotopic (exact) mass is 319 g/mol. The van der Waals surface area contributed by atoms with Crippen LogP contribution in [-0.4, -0.2) is 16.1 Å². The molecule has 0 N–H and O–H groups in total. The lowest BCUT2D eigenvalue weighted by Crippen LogP contribution is -2.30. The maximum atomic E-state index is 14.1. The molecule has 22 heavy (non-hydrogen) atoms. The van der Waals surface area contributed by atoms with Gasteiger partial charge in [0.2, 0.25) is 5.91 Å². The number of rotatable bonds is 3. The van der Waals surface area contributed by atoms with Crippen molar-refractivity contribution in [3.63, 3.8) is 0 Å². The molecule has 2 nitrogen and oxygen atoms in total. The van der Waals surface area contributed by atoms with Gasteiger partial charge in [-0.3, -0.25) is 4.79 Å². The van der Waals surface area contributed by atoms with E-state index in [2.05, 4.69) is 0 Å². The minimum Gasteiger partial charge on any atom is -0.321 e. The molecule has 1 aliphatic heterocycles. The summed E-state index contributed by atoms with van der Waals surface area (Å²) in [4.78, 5) is 14.0. The zero-order chi connectivity index (χ0) is 15.7. The molecule has 2 aromatic rings. The average Bonchev–Trinajstić information content (AvgIpc) is 2.77. The molecule has 2 atom stereocenters. The van der Waals surface area contributed by atoms with Gasteiger partial charge in [0, 0.05) is 18.2 Å². The molecule has 0 aliphatic carbocycles. The smallest absolute Gasteiger partial charge is 0.236 e. The molecule has 1 fully saturated rings. The van der Waals surface area contributed by atoms with Crippen LogP contribution < -0.4 is 0 Å². The summed E-state index contributed by atoms with van der Waals surface area (Å²) in [5.74, 6) is -1.25. The molecule has 1 heterocycles. The number of carbonyl (C=O) groups excluding carboxylic acids is 1. The third-order valence-electron chi connectivity index (χ3n) is 3.67. The van der Waals surface area contributed by atoms with Crippen molar-refractivity contribution in [2.24, 2.45) is 0 Å². The lowest BCUT2D eigenvalue weighted by atomic mass is 10.1. The van der Waals surface area contributed by atoms with E-state index in [9.17, 15) is 13.6 Å². The van der Waals surface area contributed by atoms with Crippen molar-refractivity contribution in [2.75, 3.05) is 0 Å². The summed E-state index contributed by atoms with van der Waals surface area (Å²) >= 11 is 1.39. The van der Waals surface area contributed by atoms with Crippen LogP contribution in [0.5, 0.6) is 0 Å². The number of thioether (sulfide) groups is 1. The van der Waals surface area contributed by atoms with E-state index in [-0.39, 0.29) is 11.2 Å². The quantitative estimate of drug-likeness (QED) is 0.848. The summed E-state index contributed by atoms with van der Waals surface area (Å²) in [6, 6.07) is 13.1. The summed E-state index contributed by atoms with van der Waals surface area (Å²) in [6.45, 7) is 2.23. The SMILES string of the molecule is C[C@H]1S[C@H](c2ccc(F)cc2F)N(Cc2ccccc2)C1=O. The summed E-state index contributed by atoms with van der Waals surface area (Å²) in [6.07, 6.45) is 0. The van der Waals surface area contributed by atoms with Crippen molar-refractivity contribution >= 4 is 17.7 Å². The van der Waals surface area contributed by atoms with E-state index in [4.69, 9.17) is 0 Å². The zero-order valence-corrected chi connectivity index (χ0v) is 12.8. The molecule has 0 unspecified atom stereocenters. The van der Waals surface area contributed by atoms with Crippen LogP contribution in [0.1, 0.15) is 23.4 Å². The topological polar surface area (TPSA) is 20.3 Å². The van der Waals surface area contributed by atoms with Crippen LogP contribution in [0.3, 0.4) is 0 Å². The maximum Gasteiger partial charge on any atom is 0.236 e. The molecular weight excluding hydrogens is 304 g/mol. The largest absolute Gasteiger partial charge is 0.321 e. The highest BCUT2D eigenvalue weighted by atomic mass is 32.2. The van der Waals surface area contributed by atoms with Crippen LogP contribution in [0.4, 0.5) is 8.78 Å². The van der Waals surface area contributed by atoms with E-state index in [1.54, 1.807) is 4.90 Å². The number of amides is 1. The molecule has 0 aromatic heterocycles. The molecule has 0 bridgehead atoms. The number of halogens is 2. The van der Waals surface area contributed by atoms with Gasteiger partial charge in [-0.2, -0.15) is 0 Å². The Labute approximate surface area is 132 Å². The van der Waals surface area contributed by atoms with E-state index >= 15 is 0 Å². The second kappa shape index (κ2) is 6.08. The fraction of sp³-hybridized carbons (Fsp3) is 0.235. The molecule has 0 saturated carbocycles. The normalized spacial score (nSPS) is 21.4. The highest BCUT2D eigenvalue weighted by molar-refractivity contribution is 8.01. The molecule has 1 saturated heterocycles. The molecule has 5 heteroatoms. The van der Waals surface area contributed by atoms with Gasteiger partial charge in [-0.1, -0.05) is 36.4 Å². The summed E-state index contributed by atoms with van der Waals surface area (Å²) in [7, 11) is 0. The van der Waals surface area contributed by atoms with Crippen LogP contribution >= 0.6 is 11.8 Å². The van der Waals surface area contributed by atoms with E-state index in [1.165, 1.54) is 23.9 Å². The van der Waals surface area contributed by atoms with E-state index in [0.29, 0.717) is 12.1 Å². The van der Waals surface area contributed by atoms with Gasteiger partial charge in [0.1, 0.15) is 17.0 Å². The minimum atomic E-state index is -0.613. The first-order chi connectivity index (χ1) is 10.6. The number of benzene rings is 2. The van der Waals surface area contributed by atoms with Crippen LogP contribution in [0.15, 0.2) is 48.5 Å². The van der Waals surface area contributed by atoms with Crippen molar-refractivity contribution in [1.82, 2.24) is 4.90 Å². The lowest BCUT2D eigenvalue weighted by molar-refractivity contribution is -0.130. The van der Waals surface area contributed by atoms with Crippen molar-refractivity contribution in [1.29, 1.82) is 0 Å². The van der Waals surface area contributed by atoms with Crippen molar-refractivity contribution in [3.05, 3.63) is 71.3 Å². The molecule has 1 aliphatic rings. The van der Waals surface area contributed by atoms with Gasteiger partial charge in [-0.15, -0.1) is 11.8 Å². The van der Waals surface area contributed by atoms with Crippen LogP contribution in [-0.2, 0) is 11.3 Å². The van der Waals surface area contributed by atoms with Gasteiger partial charge < -0.3 is 4.90 Å². The Morgan fingerprint density at radius 1 is 1.14 bits per heavy atom. The second-order valence-electron chi connectivity index (χ2n) is 5.25. The standard InChI is InChI=1S/C17H15F2NOS/c1-11-16(21)20(10-12-5-3-2-4-6-12)17(22-11)14-8-7-13(18)9-15(14)19/h2-9,11,17H,10H2,1H3/t11-,17-/m1/s1. The third-order valence-corrected chi connectivity index (χ3v) is 5.05. The predicted molar refractivity (Wildman–Crippen MR) is 83.1 cm³/mol.